The van der Waals surface area contributed by atoms with Crippen molar-refractivity contribution in [1.29, 1.82) is 0 Å². The van der Waals surface area contributed by atoms with E-state index >= 15 is 0 Å². The first-order valence-corrected chi connectivity index (χ1v) is 5.50. The highest BCUT2D eigenvalue weighted by molar-refractivity contribution is 7.11. The molecule has 2 heteroatoms. The summed E-state index contributed by atoms with van der Waals surface area (Å²) in [7, 11) is 0. The van der Waals surface area contributed by atoms with Crippen molar-refractivity contribution in [3.05, 3.63) is 51.7 Å². The Morgan fingerprint density at radius 2 is 2.00 bits per heavy atom. The van der Waals surface area contributed by atoms with Gasteiger partial charge in [0.2, 0.25) is 0 Å². The number of para-hydroxylation sites is 1. The van der Waals surface area contributed by atoms with E-state index in [0.29, 0.717) is 0 Å². The molecule has 0 atom stereocenters. The highest BCUT2D eigenvalue weighted by Crippen LogP contribution is 2.28. The van der Waals surface area contributed by atoms with Gasteiger partial charge in [-0.25, -0.2) is 0 Å². The highest BCUT2D eigenvalue weighted by atomic mass is 32.1. The summed E-state index contributed by atoms with van der Waals surface area (Å²) in [4.78, 5) is 5.78. The average Bonchev–Trinajstić information content (AvgIpc) is 2.58. The number of nitrogens with zero attached hydrogens (tertiary/aromatic N) is 1. The van der Waals surface area contributed by atoms with E-state index in [9.17, 15) is 0 Å². The van der Waals surface area contributed by atoms with Gasteiger partial charge < -0.3 is 0 Å². The van der Waals surface area contributed by atoms with Crippen LogP contribution in [0.2, 0.25) is 0 Å². The van der Waals surface area contributed by atoms with E-state index in [-0.39, 0.29) is 0 Å². The monoisotopic (exact) mass is 199 g/mol. The lowest BCUT2D eigenvalue weighted by molar-refractivity contribution is 1.21. The lowest BCUT2D eigenvalue weighted by Gasteiger charge is -2.00. The van der Waals surface area contributed by atoms with E-state index in [4.69, 9.17) is 0 Å². The Hall–Kier alpha value is -1.41. The molecule has 1 nitrogen and oxygen atoms in total. The molecule has 1 aromatic heterocycles. The molecule has 0 saturated carbocycles. The first-order chi connectivity index (χ1) is 6.93. The first-order valence-electron chi connectivity index (χ1n) is 4.62. The van der Waals surface area contributed by atoms with Crippen molar-refractivity contribution in [2.24, 2.45) is 4.99 Å². The second-order valence-corrected chi connectivity index (χ2v) is 4.32. The van der Waals surface area contributed by atoms with Gasteiger partial charge in [-0.2, -0.15) is 0 Å². The van der Waals surface area contributed by atoms with Crippen LogP contribution in [-0.2, 0) is 6.42 Å². The quantitative estimate of drug-likeness (QED) is 0.526. The summed E-state index contributed by atoms with van der Waals surface area (Å²) < 4.78 is 0. The van der Waals surface area contributed by atoms with Gasteiger partial charge in [-0.15, -0.1) is 11.3 Å². The third-order valence-corrected chi connectivity index (χ3v) is 3.37. The minimum Gasteiger partial charge on any atom is -0.255 e. The van der Waals surface area contributed by atoms with Crippen LogP contribution in [0.15, 0.2) is 40.7 Å². The molecule has 3 rings (SSSR count). The van der Waals surface area contributed by atoms with Crippen LogP contribution < -0.4 is 0 Å². The van der Waals surface area contributed by atoms with Crippen LogP contribution in [0, 0.1) is 0 Å². The van der Waals surface area contributed by atoms with Crippen LogP contribution >= 0.6 is 11.3 Å². The van der Waals surface area contributed by atoms with Crippen LogP contribution in [-0.4, -0.2) is 6.21 Å². The summed E-state index contributed by atoms with van der Waals surface area (Å²) in [5.41, 5.74) is 3.82. The number of thiophene rings is 1. The molecule has 1 aliphatic heterocycles. The Labute approximate surface area is 86.7 Å². The standard InChI is InChI=1S/C12H9NS/c1-2-4-11-9(3-1)7-10-5-6-14-12(10)8-13-11/h1-6,8H,7H2. The van der Waals surface area contributed by atoms with E-state index < -0.39 is 0 Å². The summed E-state index contributed by atoms with van der Waals surface area (Å²) in [5.74, 6) is 0. The Kier molecular flexibility index (Phi) is 1.74. The van der Waals surface area contributed by atoms with Crippen molar-refractivity contribution >= 4 is 23.2 Å². The Morgan fingerprint density at radius 3 is 3.00 bits per heavy atom. The van der Waals surface area contributed by atoms with E-state index in [1.165, 1.54) is 16.0 Å². The van der Waals surface area contributed by atoms with Crippen molar-refractivity contribution in [3.8, 4) is 0 Å². The maximum atomic E-state index is 4.49. The zero-order chi connectivity index (χ0) is 9.38. The average molecular weight is 199 g/mol. The second kappa shape index (κ2) is 3.07. The van der Waals surface area contributed by atoms with E-state index in [2.05, 4.69) is 34.6 Å². The Morgan fingerprint density at radius 1 is 1.07 bits per heavy atom. The molecule has 14 heavy (non-hydrogen) atoms. The fraction of sp³-hybridized carbons (Fsp3) is 0.0833. The van der Waals surface area contributed by atoms with Crippen molar-refractivity contribution in [2.45, 2.75) is 6.42 Å². The third-order valence-electron chi connectivity index (χ3n) is 2.47. The van der Waals surface area contributed by atoms with Crippen LogP contribution in [0.25, 0.3) is 0 Å². The zero-order valence-electron chi connectivity index (χ0n) is 7.60. The molecule has 0 aliphatic carbocycles. The molecule has 0 amide bonds. The maximum absolute atomic E-state index is 4.49. The Balaban J connectivity index is 2.19. The van der Waals surface area contributed by atoms with E-state index in [0.717, 1.165) is 12.1 Å². The molecule has 0 saturated heterocycles. The highest BCUT2D eigenvalue weighted by Gasteiger charge is 2.09. The van der Waals surface area contributed by atoms with Crippen molar-refractivity contribution in [2.75, 3.05) is 0 Å². The molecule has 2 heterocycles. The van der Waals surface area contributed by atoms with Crippen molar-refractivity contribution in [1.82, 2.24) is 0 Å². The third kappa shape index (κ3) is 1.19. The summed E-state index contributed by atoms with van der Waals surface area (Å²) in [5, 5.41) is 2.13. The molecule has 0 spiro atoms. The van der Waals surface area contributed by atoms with Gasteiger partial charge in [-0.3, -0.25) is 4.99 Å². The molecule has 0 unspecified atom stereocenters. The normalized spacial score (nSPS) is 13.1. The van der Waals surface area contributed by atoms with Gasteiger partial charge in [0.15, 0.2) is 0 Å². The summed E-state index contributed by atoms with van der Waals surface area (Å²) in [6, 6.07) is 10.5. The molecule has 0 N–H and O–H groups in total. The predicted octanol–water partition coefficient (Wildman–Crippen LogP) is 3.40. The van der Waals surface area contributed by atoms with E-state index in [1.54, 1.807) is 11.3 Å². The maximum Gasteiger partial charge on any atom is 0.0665 e. The molecule has 0 radical (unpaired) electrons. The number of aliphatic imine (C=N–C) groups is 1. The van der Waals surface area contributed by atoms with Crippen molar-refractivity contribution in [3.63, 3.8) is 0 Å². The van der Waals surface area contributed by atoms with Crippen molar-refractivity contribution < 1.29 is 0 Å². The Bertz CT molecular complexity index is 497. The van der Waals surface area contributed by atoms with Gasteiger partial charge in [0, 0.05) is 17.5 Å². The number of benzene rings is 1. The van der Waals surface area contributed by atoms with Gasteiger partial charge in [-0.05, 0) is 28.6 Å². The number of hydrogen-bond donors (Lipinski definition) is 0. The lowest BCUT2D eigenvalue weighted by Crippen LogP contribution is -1.86. The molecule has 1 aliphatic rings. The zero-order valence-corrected chi connectivity index (χ0v) is 8.42. The fourth-order valence-electron chi connectivity index (χ4n) is 1.73. The minimum absolute atomic E-state index is 1.01. The summed E-state index contributed by atoms with van der Waals surface area (Å²) >= 11 is 1.76. The van der Waals surface area contributed by atoms with Gasteiger partial charge in [0.05, 0.1) is 5.69 Å². The van der Waals surface area contributed by atoms with E-state index in [1.807, 2.05) is 12.3 Å². The van der Waals surface area contributed by atoms with Crippen LogP contribution in [0.5, 0.6) is 0 Å². The first kappa shape index (κ1) is 7.94. The van der Waals surface area contributed by atoms with Gasteiger partial charge >= 0.3 is 0 Å². The largest absolute Gasteiger partial charge is 0.255 e. The van der Waals surface area contributed by atoms with Crippen LogP contribution in [0.4, 0.5) is 5.69 Å². The van der Waals surface area contributed by atoms with Gasteiger partial charge in [0.25, 0.3) is 0 Å². The lowest BCUT2D eigenvalue weighted by atomic mass is 10.1. The molecular formula is C12H9NS. The van der Waals surface area contributed by atoms with Crippen LogP contribution in [0.1, 0.15) is 16.0 Å². The summed E-state index contributed by atoms with van der Waals surface area (Å²) in [6.45, 7) is 0. The molecule has 2 aromatic rings. The summed E-state index contributed by atoms with van der Waals surface area (Å²) in [6.07, 6.45) is 2.99. The molecule has 1 aromatic carbocycles. The molecular weight excluding hydrogens is 190 g/mol. The predicted molar refractivity (Wildman–Crippen MR) is 60.8 cm³/mol. The number of hydrogen-bond acceptors (Lipinski definition) is 2. The molecule has 0 bridgehead atoms. The fourth-order valence-corrected chi connectivity index (χ4v) is 2.51. The SMILES string of the molecule is C1=Nc2ccccc2Cc2ccsc21. The molecule has 0 fully saturated rings. The number of fused-ring (bicyclic) bond motifs is 2. The smallest absolute Gasteiger partial charge is 0.0665 e. The molecule has 68 valence electrons. The van der Waals surface area contributed by atoms with Gasteiger partial charge in [0.1, 0.15) is 0 Å². The minimum atomic E-state index is 1.01. The van der Waals surface area contributed by atoms with Gasteiger partial charge in [-0.1, -0.05) is 18.2 Å². The second-order valence-electron chi connectivity index (χ2n) is 3.37. The van der Waals surface area contributed by atoms with Crippen LogP contribution in [0.3, 0.4) is 0 Å². The topological polar surface area (TPSA) is 12.4 Å². The number of rotatable bonds is 0.